The Hall–Kier alpha value is -0.720. The maximum absolute atomic E-state index is 5.78. The Bertz CT molecular complexity index is 292. The molecule has 3 heteroatoms. The molecule has 0 saturated carbocycles. The third-order valence-corrected chi connectivity index (χ3v) is 2.07. The summed E-state index contributed by atoms with van der Waals surface area (Å²) in [6.45, 7) is 8.10. The molecule has 0 aliphatic heterocycles. The summed E-state index contributed by atoms with van der Waals surface area (Å²) in [5, 5.41) is -0.860. The summed E-state index contributed by atoms with van der Waals surface area (Å²) in [4.78, 5) is 4.47. The minimum atomic E-state index is -0.860. The van der Waals surface area contributed by atoms with Crippen molar-refractivity contribution >= 4 is 15.7 Å². The largest absolute Gasteiger partial charge is 0.258 e. The highest BCUT2D eigenvalue weighted by Gasteiger charge is 2.19. The maximum Gasteiger partial charge on any atom is 0.0700 e. The predicted octanol–water partition coefficient (Wildman–Crippen LogP) is 1.89. The standard InChI is InChI=1S/C11H15B2N/c1-10(2,3)8-6-5-7-9(14-8)11(4,12)13/h5-7H,1-4H3. The molecule has 0 aliphatic carbocycles. The Morgan fingerprint density at radius 2 is 1.50 bits per heavy atom. The van der Waals surface area contributed by atoms with Crippen molar-refractivity contribution in [3.05, 3.63) is 29.6 Å². The summed E-state index contributed by atoms with van der Waals surface area (Å²) in [6.07, 6.45) is 0. The Morgan fingerprint density at radius 3 is 1.93 bits per heavy atom. The molecular weight excluding hydrogens is 168 g/mol. The van der Waals surface area contributed by atoms with Crippen LogP contribution in [0.4, 0.5) is 0 Å². The van der Waals surface area contributed by atoms with Crippen molar-refractivity contribution in [3.8, 4) is 0 Å². The van der Waals surface area contributed by atoms with Crippen LogP contribution in [-0.2, 0) is 10.6 Å². The fraction of sp³-hybridized carbons (Fsp3) is 0.545. The van der Waals surface area contributed by atoms with E-state index in [1.165, 1.54) is 0 Å². The summed E-state index contributed by atoms with van der Waals surface area (Å²) in [5.41, 5.74) is 1.77. The topological polar surface area (TPSA) is 12.9 Å². The van der Waals surface area contributed by atoms with Gasteiger partial charge in [0.25, 0.3) is 0 Å². The van der Waals surface area contributed by atoms with E-state index < -0.39 is 5.21 Å². The lowest BCUT2D eigenvalue weighted by molar-refractivity contribution is 0.564. The number of nitrogens with zero attached hydrogens (tertiary/aromatic N) is 1. The third kappa shape index (κ3) is 2.63. The zero-order valence-corrected chi connectivity index (χ0v) is 9.33. The van der Waals surface area contributed by atoms with Crippen LogP contribution in [0, 0.1) is 0 Å². The highest BCUT2D eigenvalue weighted by atomic mass is 14.7. The minimum absolute atomic E-state index is 0.0290. The Kier molecular flexibility index (Phi) is 2.80. The molecule has 0 aliphatic rings. The summed E-state index contributed by atoms with van der Waals surface area (Å²) in [5.74, 6) is 0. The van der Waals surface area contributed by atoms with Crippen molar-refractivity contribution in [3.63, 3.8) is 0 Å². The molecule has 4 radical (unpaired) electrons. The van der Waals surface area contributed by atoms with Crippen LogP contribution in [-0.4, -0.2) is 20.7 Å². The van der Waals surface area contributed by atoms with E-state index >= 15 is 0 Å². The van der Waals surface area contributed by atoms with Crippen molar-refractivity contribution in [2.75, 3.05) is 0 Å². The Labute approximate surface area is 89.1 Å². The molecule has 14 heavy (non-hydrogen) atoms. The monoisotopic (exact) mass is 183 g/mol. The number of hydrogen-bond donors (Lipinski definition) is 0. The van der Waals surface area contributed by atoms with Gasteiger partial charge in [-0.3, -0.25) is 4.98 Å². The quantitative estimate of drug-likeness (QED) is 0.605. The zero-order chi connectivity index (χ0) is 11.0. The van der Waals surface area contributed by atoms with Gasteiger partial charge in [-0.05, 0) is 12.1 Å². The van der Waals surface area contributed by atoms with E-state index in [9.17, 15) is 0 Å². The van der Waals surface area contributed by atoms with E-state index in [1.807, 2.05) is 18.2 Å². The van der Waals surface area contributed by atoms with Crippen LogP contribution in [0.1, 0.15) is 39.1 Å². The van der Waals surface area contributed by atoms with Gasteiger partial charge in [0.05, 0.1) is 15.7 Å². The van der Waals surface area contributed by atoms with Gasteiger partial charge in [-0.2, -0.15) is 0 Å². The fourth-order valence-electron chi connectivity index (χ4n) is 1.15. The molecule has 1 aromatic heterocycles. The van der Waals surface area contributed by atoms with E-state index in [1.54, 1.807) is 6.92 Å². The molecule has 0 N–H and O–H groups in total. The third-order valence-electron chi connectivity index (χ3n) is 2.07. The molecule has 0 unspecified atom stereocenters. The number of aromatic nitrogens is 1. The summed E-state index contributed by atoms with van der Waals surface area (Å²) in [6, 6.07) is 5.80. The summed E-state index contributed by atoms with van der Waals surface area (Å²) >= 11 is 0. The molecule has 70 valence electrons. The second-order valence-corrected chi connectivity index (χ2v) is 4.94. The van der Waals surface area contributed by atoms with E-state index in [2.05, 4.69) is 25.8 Å². The van der Waals surface area contributed by atoms with E-state index in [0.717, 1.165) is 11.4 Å². The lowest BCUT2D eigenvalue weighted by Crippen LogP contribution is -2.25. The molecular formula is C11H15B2N. The summed E-state index contributed by atoms with van der Waals surface area (Å²) in [7, 11) is 11.6. The van der Waals surface area contributed by atoms with E-state index in [4.69, 9.17) is 15.7 Å². The predicted molar refractivity (Wildman–Crippen MR) is 61.8 cm³/mol. The lowest BCUT2D eigenvalue weighted by atomic mass is 9.54. The molecule has 0 spiro atoms. The molecule has 1 aromatic rings. The molecule has 1 nitrogen and oxygen atoms in total. The SMILES string of the molecule is [B]C([B])(C)c1cccc(C(C)(C)C)n1. The molecule has 0 atom stereocenters. The van der Waals surface area contributed by atoms with Crippen LogP contribution in [0.5, 0.6) is 0 Å². The number of rotatable bonds is 1. The van der Waals surface area contributed by atoms with Crippen LogP contribution in [0.2, 0.25) is 0 Å². The molecule has 0 bridgehead atoms. The van der Waals surface area contributed by atoms with Gasteiger partial charge < -0.3 is 0 Å². The maximum atomic E-state index is 5.78. The number of hydrogen-bond acceptors (Lipinski definition) is 1. The first-order valence-corrected chi connectivity index (χ1v) is 4.77. The van der Waals surface area contributed by atoms with Gasteiger partial charge >= 0.3 is 0 Å². The molecule has 1 heterocycles. The second kappa shape index (κ2) is 3.45. The van der Waals surface area contributed by atoms with Crippen LogP contribution in [0.3, 0.4) is 0 Å². The van der Waals surface area contributed by atoms with Gasteiger partial charge in [0.2, 0.25) is 0 Å². The van der Waals surface area contributed by atoms with Gasteiger partial charge in [-0.25, -0.2) is 0 Å². The molecule has 0 amide bonds. The first-order chi connectivity index (χ1) is 6.21. The summed E-state index contributed by atoms with van der Waals surface area (Å²) < 4.78 is 0. The Morgan fingerprint density at radius 1 is 1.00 bits per heavy atom. The lowest BCUT2D eigenvalue weighted by Gasteiger charge is -2.23. The normalized spacial score (nSPS) is 12.9. The molecule has 0 saturated heterocycles. The fourth-order valence-corrected chi connectivity index (χ4v) is 1.15. The van der Waals surface area contributed by atoms with Crippen LogP contribution >= 0.6 is 0 Å². The van der Waals surface area contributed by atoms with Crippen molar-refractivity contribution in [2.24, 2.45) is 0 Å². The first kappa shape index (κ1) is 11.4. The van der Waals surface area contributed by atoms with E-state index in [-0.39, 0.29) is 5.41 Å². The Balaban J connectivity index is 3.15. The average molecular weight is 183 g/mol. The van der Waals surface area contributed by atoms with Crippen molar-refractivity contribution in [1.29, 1.82) is 0 Å². The second-order valence-electron chi connectivity index (χ2n) is 4.94. The molecule has 1 rings (SSSR count). The van der Waals surface area contributed by atoms with Gasteiger partial charge in [0.1, 0.15) is 0 Å². The molecule has 0 fully saturated rings. The number of pyridine rings is 1. The van der Waals surface area contributed by atoms with Gasteiger partial charge in [-0.15, -0.1) is 0 Å². The highest BCUT2D eigenvalue weighted by Crippen LogP contribution is 2.22. The van der Waals surface area contributed by atoms with Crippen LogP contribution in [0.25, 0.3) is 0 Å². The first-order valence-electron chi connectivity index (χ1n) is 4.77. The molecule has 0 aromatic carbocycles. The van der Waals surface area contributed by atoms with Gasteiger partial charge in [0.15, 0.2) is 0 Å². The zero-order valence-electron chi connectivity index (χ0n) is 9.33. The minimum Gasteiger partial charge on any atom is -0.258 e. The average Bonchev–Trinajstić information content (AvgIpc) is 2.01. The van der Waals surface area contributed by atoms with Crippen molar-refractivity contribution in [1.82, 2.24) is 4.98 Å². The van der Waals surface area contributed by atoms with Crippen molar-refractivity contribution < 1.29 is 0 Å². The van der Waals surface area contributed by atoms with Gasteiger partial charge in [0, 0.05) is 16.8 Å². The van der Waals surface area contributed by atoms with Gasteiger partial charge in [-0.1, -0.05) is 39.0 Å². The smallest absolute Gasteiger partial charge is 0.0700 e. The van der Waals surface area contributed by atoms with E-state index in [0.29, 0.717) is 0 Å². The highest BCUT2D eigenvalue weighted by molar-refractivity contribution is 6.39. The van der Waals surface area contributed by atoms with Crippen molar-refractivity contribution in [2.45, 2.75) is 38.3 Å². The van der Waals surface area contributed by atoms with Crippen LogP contribution in [0.15, 0.2) is 18.2 Å². The van der Waals surface area contributed by atoms with Crippen LogP contribution < -0.4 is 0 Å².